The molecule has 5 heteroatoms. The molecule has 2 unspecified atom stereocenters. The Balaban J connectivity index is 1.60. The van der Waals surface area contributed by atoms with Gasteiger partial charge in [-0.2, -0.15) is 0 Å². The quantitative estimate of drug-likeness (QED) is 0.724. The smallest absolute Gasteiger partial charge is 0.310 e. The van der Waals surface area contributed by atoms with E-state index in [0.717, 1.165) is 30.5 Å². The fourth-order valence-corrected chi connectivity index (χ4v) is 3.63. The van der Waals surface area contributed by atoms with Gasteiger partial charge in [-0.05, 0) is 54.7 Å². The summed E-state index contributed by atoms with van der Waals surface area (Å²) in [5.74, 6) is -1.64. The van der Waals surface area contributed by atoms with Gasteiger partial charge in [0.2, 0.25) is 5.91 Å². The predicted octanol–water partition coefficient (Wildman–Crippen LogP) is 4.88. The van der Waals surface area contributed by atoms with Crippen LogP contribution >= 0.6 is 0 Å². The van der Waals surface area contributed by atoms with Crippen LogP contribution in [0.4, 0.5) is 10.1 Å². The number of halogens is 1. The van der Waals surface area contributed by atoms with E-state index in [9.17, 15) is 14.0 Å². The van der Waals surface area contributed by atoms with E-state index in [1.807, 2.05) is 24.3 Å². The van der Waals surface area contributed by atoms with Crippen molar-refractivity contribution in [3.63, 3.8) is 0 Å². The molecular weight excluding hydrogens is 357 g/mol. The van der Waals surface area contributed by atoms with E-state index in [1.54, 1.807) is 12.1 Å². The van der Waals surface area contributed by atoms with Crippen LogP contribution in [0.1, 0.15) is 43.7 Å². The Bertz CT molecular complexity index is 802. The van der Waals surface area contributed by atoms with E-state index < -0.39 is 5.92 Å². The van der Waals surface area contributed by atoms with Gasteiger partial charge >= 0.3 is 5.97 Å². The molecule has 2 aromatic rings. The zero-order valence-corrected chi connectivity index (χ0v) is 16.1. The highest BCUT2D eigenvalue weighted by Gasteiger charge is 2.36. The number of rotatable bonds is 6. The first-order valence-electron chi connectivity index (χ1n) is 9.87. The molecule has 0 bridgehead atoms. The minimum Gasteiger partial charge on any atom is -0.461 e. The van der Waals surface area contributed by atoms with Crippen LogP contribution in [-0.2, 0) is 27.4 Å². The average molecular weight is 383 g/mol. The van der Waals surface area contributed by atoms with Crippen LogP contribution in [0.3, 0.4) is 0 Å². The Morgan fingerprint density at radius 2 is 1.57 bits per heavy atom. The summed E-state index contributed by atoms with van der Waals surface area (Å²) in [6.07, 6.45) is 4.10. The molecule has 3 rings (SSSR count). The number of benzene rings is 2. The van der Waals surface area contributed by atoms with Gasteiger partial charge in [-0.1, -0.05) is 44.0 Å². The standard InChI is InChI=1S/C23H26FNO3/c1-2-16-9-13-19(14-10-16)25-22(26)20-5-3-4-6-21(20)23(27)28-15-17-7-11-18(24)12-8-17/h7-14,20-21H,2-6,15H2,1H3,(H,25,26). The molecule has 28 heavy (non-hydrogen) atoms. The van der Waals surface area contributed by atoms with Gasteiger partial charge in [0.25, 0.3) is 0 Å². The van der Waals surface area contributed by atoms with Gasteiger partial charge in [0.05, 0.1) is 11.8 Å². The van der Waals surface area contributed by atoms with E-state index in [1.165, 1.54) is 17.7 Å². The minimum absolute atomic E-state index is 0.0857. The molecule has 0 aromatic heterocycles. The van der Waals surface area contributed by atoms with Gasteiger partial charge in [-0.15, -0.1) is 0 Å². The van der Waals surface area contributed by atoms with Crippen molar-refractivity contribution in [1.29, 1.82) is 0 Å². The SMILES string of the molecule is CCc1ccc(NC(=O)C2CCCCC2C(=O)OCc2ccc(F)cc2)cc1. The Labute approximate surface area is 165 Å². The second kappa shape index (κ2) is 9.49. The molecule has 2 aromatic carbocycles. The second-order valence-corrected chi connectivity index (χ2v) is 7.27. The number of nitrogens with one attached hydrogen (secondary N) is 1. The minimum atomic E-state index is -0.441. The van der Waals surface area contributed by atoms with Crippen LogP contribution in [0.25, 0.3) is 0 Å². The molecule has 0 saturated heterocycles. The highest BCUT2D eigenvalue weighted by molar-refractivity contribution is 5.95. The second-order valence-electron chi connectivity index (χ2n) is 7.27. The number of aryl methyl sites for hydroxylation is 1. The maximum absolute atomic E-state index is 13.0. The zero-order chi connectivity index (χ0) is 19.9. The lowest BCUT2D eigenvalue weighted by atomic mass is 9.78. The number of esters is 1. The molecule has 0 spiro atoms. The molecule has 1 saturated carbocycles. The van der Waals surface area contributed by atoms with E-state index in [4.69, 9.17) is 4.74 Å². The van der Waals surface area contributed by atoms with Crippen LogP contribution in [0, 0.1) is 17.7 Å². The molecule has 1 N–H and O–H groups in total. The summed E-state index contributed by atoms with van der Waals surface area (Å²) >= 11 is 0. The van der Waals surface area contributed by atoms with Gasteiger partial charge in [-0.3, -0.25) is 9.59 Å². The van der Waals surface area contributed by atoms with Gasteiger partial charge in [-0.25, -0.2) is 4.39 Å². The van der Waals surface area contributed by atoms with Gasteiger partial charge < -0.3 is 10.1 Å². The lowest BCUT2D eigenvalue weighted by molar-refractivity contribution is -0.155. The number of carbonyl (C=O) groups excluding carboxylic acids is 2. The molecule has 0 heterocycles. The third kappa shape index (κ3) is 5.18. The van der Waals surface area contributed by atoms with E-state index in [0.29, 0.717) is 12.8 Å². The molecule has 1 amide bonds. The van der Waals surface area contributed by atoms with E-state index in [-0.39, 0.29) is 30.2 Å². The topological polar surface area (TPSA) is 55.4 Å². The number of hydrogen-bond donors (Lipinski definition) is 1. The van der Waals surface area contributed by atoms with Crippen molar-refractivity contribution < 1.29 is 18.7 Å². The molecule has 148 valence electrons. The molecule has 2 atom stereocenters. The van der Waals surface area contributed by atoms with E-state index >= 15 is 0 Å². The van der Waals surface area contributed by atoms with Crippen molar-refractivity contribution in [2.24, 2.45) is 11.8 Å². The number of hydrogen-bond acceptors (Lipinski definition) is 3. The fourth-order valence-electron chi connectivity index (χ4n) is 3.63. The molecule has 0 radical (unpaired) electrons. The van der Waals surface area contributed by atoms with E-state index in [2.05, 4.69) is 12.2 Å². The summed E-state index contributed by atoms with van der Waals surface area (Å²) in [4.78, 5) is 25.4. The largest absolute Gasteiger partial charge is 0.461 e. The predicted molar refractivity (Wildman–Crippen MR) is 106 cm³/mol. The molecule has 4 nitrogen and oxygen atoms in total. The first kappa shape index (κ1) is 20.1. The molecule has 1 aliphatic rings. The van der Waals surface area contributed by atoms with Crippen LogP contribution in [0.5, 0.6) is 0 Å². The van der Waals surface area contributed by atoms with Crippen molar-refractivity contribution >= 4 is 17.6 Å². The lowest BCUT2D eigenvalue weighted by Gasteiger charge is -2.29. The van der Waals surface area contributed by atoms with Gasteiger partial charge in [0.1, 0.15) is 12.4 Å². The summed E-state index contributed by atoms with van der Waals surface area (Å²) in [5.41, 5.74) is 2.67. The highest BCUT2D eigenvalue weighted by Crippen LogP contribution is 2.32. The molecular formula is C23H26FNO3. The maximum Gasteiger partial charge on any atom is 0.310 e. The first-order valence-corrected chi connectivity index (χ1v) is 9.87. The Kier molecular flexibility index (Phi) is 6.80. The molecule has 1 fully saturated rings. The van der Waals surface area contributed by atoms with Crippen molar-refractivity contribution in [2.45, 2.75) is 45.6 Å². The third-order valence-electron chi connectivity index (χ3n) is 5.33. The first-order chi connectivity index (χ1) is 13.6. The summed E-state index contributed by atoms with van der Waals surface area (Å²) < 4.78 is 18.4. The fraction of sp³-hybridized carbons (Fsp3) is 0.391. The van der Waals surface area contributed by atoms with Crippen LogP contribution in [0.2, 0.25) is 0 Å². The summed E-state index contributed by atoms with van der Waals surface area (Å²) in [6, 6.07) is 13.6. The van der Waals surface area contributed by atoms with Crippen LogP contribution in [-0.4, -0.2) is 11.9 Å². The highest BCUT2D eigenvalue weighted by atomic mass is 19.1. The number of amides is 1. The van der Waals surface area contributed by atoms with Crippen molar-refractivity contribution in [3.8, 4) is 0 Å². The maximum atomic E-state index is 13.0. The number of carbonyl (C=O) groups is 2. The lowest BCUT2D eigenvalue weighted by Crippen LogP contribution is -2.37. The van der Waals surface area contributed by atoms with Crippen molar-refractivity contribution in [1.82, 2.24) is 0 Å². The van der Waals surface area contributed by atoms with Crippen LogP contribution < -0.4 is 5.32 Å². The Morgan fingerprint density at radius 1 is 0.964 bits per heavy atom. The van der Waals surface area contributed by atoms with Crippen molar-refractivity contribution in [2.75, 3.05) is 5.32 Å². The normalized spacial score (nSPS) is 19.1. The van der Waals surface area contributed by atoms with Crippen LogP contribution in [0.15, 0.2) is 48.5 Å². The zero-order valence-electron chi connectivity index (χ0n) is 16.1. The van der Waals surface area contributed by atoms with Crippen molar-refractivity contribution in [3.05, 3.63) is 65.5 Å². The number of ether oxygens (including phenoxy) is 1. The Morgan fingerprint density at radius 3 is 2.21 bits per heavy atom. The van der Waals surface area contributed by atoms with Gasteiger partial charge in [0.15, 0.2) is 0 Å². The molecule has 0 aliphatic heterocycles. The third-order valence-corrected chi connectivity index (χ3v) is 5.33. The number of anilines is 1. The average Bonchev–Trinajstić information content (AvgIpc) is 2.73. The summed E-state index contributed by atoms with van der Waals surface area (Å²) in [6.45, 7) is 2.17. The summed E-state index contributed by atoms with van der Waals surface area (Å²) in [7, 11) is 0. The Hall–Kier alpha value is -2.69. The molecule has 1 aliphatic carbocycles. The van der Waals surface area contributed by atoms with Gasteiger partial charge in [0, 0.05) is 5.69 Å². The summed E-state index contributed by atoms with van der Waals surface area (Å²) in [5, 5.41) is 2.94. The monoisotopic (exact) mass is 383 g/mol.